The SMILES string of the molecule is OC1(C(F)(F)F)CC(c2ccc(-c3cncs3)cc2)=NO1. The minimum atomic E-state index is -4.89. The van der Waals surface area contributed by atoms with Crippen molar-refractivity contribution in [1.82, 2.24) is 4.98 Å². The Kier molecular flexibility index (Phi) is 3.22. The van der Waals surface area contributed by atoms with E-state index in [2.05, 4.69) is 15.0 Å². The van der Waals surface area contributed by atoms with Crippen LogP contribution in [-0.4, -0.2) is 27.8 Å². The molecule has 1 unspecified atom stereocenters. The van der Waals surface area contributed by atoms with Gasteiger partial charge in [0, 0.05) is 6.20 Å². The number of alkyl halides is 3. The van der Waals surface area contributed by atoms with E-state index < -0.39 is 18.4 Å². The number of rotatable bonds is 2. The fourth-order valence-corrected chi connectivity index (χ4v) is 2.54. The number of oxime groups is 1. The molecule has 0 saturated heterocycles. The smallest absolute Gasteiger partial charge is 0.350 e. The van der Waals surface area contributed by atoms with Crippen molar-refractivity contribution in [2.24, 2.45) is 5.16 Å². The van der Waals surface area contributed by atoms with E-state index in [0.29, 0.717) is 5.56 Å². The average Bonchev–Trinajstić information content (AvgIpc) is 3.08. The molecule has 1 aliphatic heterocycles. The standard InChI is InChI=1S/C13H9F3N2O2S/c14-13(15,16)12(19)5-10(18-20-12)8-1-3-9(4-2-8)11-6-17-7-21-11/h1-4,6-7,19H,5H2. The molecule has 0 spiro atoms. The minimum absolute atomic E-state index is 0.0608. The monoisotopic (exact) mass is 314 g/mol. The zero-order valence-electron chi connectivity index (χ0n) is 10.5. The summed E-state index contributed by atoms with van der Waals surface area (Å²) in [7, 11) is 0. The number of aromatic nitrogens is 1. The Morgan fingerprint density at radius 1 is 1.19 bits per heavy atom. The molecule has 110 valence electrons. The summed E-state index contributed by atoms with van der Waals surface area (Å²) in [5.74, 6) is -3.24. The van der Waals surface area contributed by atoms with E-state index in [4.69, 9.17) is 0 Å². The van der Waals surface area contributed by atoms with Crippen LogP contribution >= 0.6 is 11.3 Å². The third-order valence-corrected chi connectivity index (χ3v) is 3.91. The average molecular weight is 314 g/mol. The number of aliphatic hydroxyl groups is 1. The van der Waals surface area contributed by atoms with Crippen LogP contribution in [0.15, 0.2) is 41.1 Å². The number of hydrogen-bond donors (Lipinski definition) is 1. The van der Waals surface area contributed by atoms with Gasteiger partial charge in [-0.05, 0) is 11.1 Å². The third kappa shape index (κ3) is 2.52. The van der Waals surface area contributed by atoms with Crippen molar-refractivity contribution in [2.45, 2.75) is 18.4 Å². The summed E-state index contributed by atoms with van der Waals surface area (Å²) >= 11 is 1.46. The summed E-state index contributed by atoms with van der Waals surface area (Å²) in [5.41, 5.74) is 3.14. The first-order chi connectivity index (χ1) is 9.89. The van der Waals surface area contributed by atoms with E-state index in [-0.39, 0.29) is 5.71 Å². The van der Waals surface area contributed by atoms with Gasteiger partial charge in [-0.2, -0.15) is 13.2 Å². The summed E-state index contributed by atoms with van der Waals surface area (Å²) < 4.78 is 37.9. The van der Waals surface area contributed by atoms with Crippen molar-refractivity contribution in [3.63, 3.8) is 0 Å². The molecule has 1 aliphatic rings. The first-order valence-electron chi connectivity index (χ1n) is 5.92. The maximum absolute atomic E-state index is 12.6. The molecule has 1 aromatic heterocycles. The Hall–Kier alpha value is -1.93. The number of halogens is 3. The van der Waals surface area contributed by atoms with Gasteiger partial charge in [0.1, 0.15) is 0 Å². The third-order valence-electron chi connectivity index (χ3n) is 3.09. The van der Waals surface area contributed by atoms with E-state index in [9.17, 15) is 18.3 Å². The van der Waals surface area contributed by atoms with E-state index in [1.54, 1.807) is 36.0 Å². The molecule has 0 radical (unpaired) electrons. The van der Waals surface area contributed by atoms with Gasteiger partial charge in [-0.3, -0.25) is 4.98 Å². The van der Waals surface area contributed by atoms with Crippen LogP contribution in [0.25, 0.3) is 10.4 Å². The molecule has 3 rings (SSSR count). The highest BCUT2D eigenvalue weighted by Gasteiger charge is 2.60. The molecule has 21 heavy (non-hydrogen) atoms. The van der Waals surface area contributed by atoms with Crippen LogP contribution in [0.2, 0.25) is 0 Å². The first-order valence-corrected chi connectivity index (χ1v) is 6.80. The lowest BCUT2D eigenvalue weighted by Crippen LogP contribution is -2.45. The zero-order valence-corrected chi connectivity index (χ0v) is 11.3. The van der Waals surface area contributed by atoms with Crippen molar-refractivity contribution in [1.29, 1.82) is 0 Å². The van der Waals surface area contributed by atoms with Gasteiger partial charge in [-0.1, -0.05) is 29.4 Å². The largest absolute Gasteiger partial charge is 0.458 e. The molecule has 0 amide bonds. The second-order valence-electron chi connectivity index (χ2n) is 4.53. The van der Waals surface area contributed by atoms with Gasteiger partial charge < -0.3 is 9.94 Å². The van der Waals surface area contributed by atoms with Crippen molar-refractivity contribution in [3.05, 3.63) is 41.5 Å². The number of benzene rings is 1. The lowest BCUT2D eigenvalue weighted by molar-refractivity contribution is -0.355. The highest BCUT2D eigenvalue weighted by atomic mass is 32.1. The number of thiazole rings is 1. The Morgan fingerprint density at radius 2 is 1.86 bits per heavy atom. The Morgan fingerprint density at radius 3 is 2.38 bits per heavy atom. The molecular weight excluding hydrogens is 305 g/mol. The number of nitrogens with zero attached hydrogens (tertiary/aromatic N) is 2. The molecule has 1 aromatic carbocycles. The number of hydrogen-bond acceptors (Lipinski definition) is 5. The summed E-state index contributed by atoms with van der Waals surface area (Å²) in [6, 6.07) is 6.80. The molecule has 0 fully saturated rings. The lowest BCUT2D eigenvalue weighted by atomic mass is 10.0. The maximum atomic E-state index is 12.6. The van der Waals surface area contributed by atoms with Gasteiger partial charge in [-0.25, -0.2) is 0 Å². The van der Waals surface area contributed by atoms with Gasteiger partial charge in [0.25, 0.3) is 0 Å². The van der Waals surface area contributed by atoms with Gasteiger partial charge in [0.15, 0.2) is 0 Å². The summed E-state index contributed by atoms with van der Waals surface area (Å²) in [5, 5.41) is 12.8. The summed E-state index contributed by atoms with van der Waals surface area (Å²) in [6.45, 7) is 0. The molecule has 2 aromatic rings. The Balaban J connectivity index is 1.80. The van der Waals surface area contributed by atoms with Crippen molar-refractivity contribution >= 4 is 17.0 Å². The van der Waals surface area contributed by atoms with Crippen molar-refractivity contribution in [3.8, 4) is 10.4 Å². The molecule has 8 heteroatoms. The molecular formula is C13H9F3N2O2S. The van der Waals surface area contributed by atoms with E-state index in [0.717, 1.165) is 10.4 Å². The van der Waals surface area contributed by atoms with Gasteiger partial charge >= 0.3 is 12.0 Å². The fourth-order valence-electron chi connectivity index (χ4n) is 1.91. The quantitative estimate of drug-likeness (QED) is 0.926. The molecule has 4 nitrogen and oxygen atoms in total. The highest BCUT2D eigenvalue weighted by molar-refractivity contribution is 7.13. The minimum Gasteiger partial charge on any atom is -0.350 e. The van der Waals surface area contributed by atoms with Gasteiger partial charge in [0.05, 0.1) is 22.5 Å². The topological polar surface area (TPSA) is 54.7 Å². The second-order valence-corrected chi connectivity index (χ2v) is 5.42. The van der Waals surface area contributed by atoms with E-state index >= 15 is 0 Å². The molecule has 1 atom stereocenters. The van der Waals surface area contributed by atoms with E-state index in [1.165, 1.54) is 11.3 Å². The van der Waals surface area contributed by atoms with Crippen LogP contribution in [-0.2, 0) is 4.84 Å². The van der Waals surface area contributed by atoms with Crippen LogP contribution in [0.5, 0.6) is 0 Å². The van der Waals surface area contributed by atoms with Gasteiger partial charge in [-0.15, -0.1) is 11.3 Å². The summed E-state index contributed by atoms with van der Waals surface area (Å²) in [6.07, 6.45) is -3.91. The van der Waals surface area contributed by atoms with Crippen molar-refractivity contribution in [2.75, 3.05) is 0 Å². The van der Waals surface area contributed by atoms with Crippen LogP contribution in [0.4, 0.5) is 13.2 Å². The predicted molar refractivity (Wildman–Crippen MR) is 70.8 cm³/mol. The second kappa shape index (κ2) is 4.81. The maximum Gasteiger partial charge on any atom is 0.458 e. The van der Waals surface area contributed by atoms with Crippen LogP contribution < -0.4 is 0 Å². The van der Waals surface area contributed by atoms with Crippen LogP contribution in [0, 0.1) is 0 Å². The molecule has 0 saturated carbocycles. The summed E-state index contributed by atoms with van der Waals surface area (Å²) in [4.78, 5) is 9.10. The highest BCUT2D eigenvalue weighted by Crippen LogP contribution is 2.39. The zero-order chi connectivity index (χ0) is 15.1. The Labute approximate surface area is 121 Å². The van der Waals surface area contributed by atoms with Crippen LogP contribution in [0.3, 0.4) is 0 Å². The lowest BCUT2D eigenvalue weighted by Gasteiger charge is -2.22. The van der Waals surface area contributed by atoms with Crippen molar-refractivity contribution < 1.29 is 23.1 Å². The van der Waals surface area contributed by atoms with E-state index in [1.807, 2.05) is 0 Å². The molecule has 1 N–H and O–H groups in total. The normalized spacial score (nSPS) is 22.0. The molecule has 0 aliphatic carbocycles. The first kappa shape index (κ1) is 14.0. The molecule has 0 bridgehead atoms. The Bertz CT molecular complexity index is 668. The van der Waals surface area contributed by atoms with Gasteiger partial charge in [0.2, 0.25) is 0 Å². The molecule has 2 heterocycles. The fraction of sp³-hybridized carbons (Fsp3) is 0.231. The van der Waals surface area contributed by atoms with Crippen LogP contribution in [0.1, 0.15) is 12.0 Å². The predicted octanol–water partition coefficient (Wildman–Crippen LogP) is 3.19.